The van der Waals surface area contributed by atoms with E-state index in [2.05, 4.69) is 0 Å². The Morgan fingerprint density at radius 3 is 2.65 bits per heavy atom. The molecular weight excluding hydrogens is 221 g/mol. The van der Waals surface area contributed by atoms with E-state index in [1.54, 1.807) is 6.07 Å². The summed E-state index contributed by atoms with van der Waals surface area (Å²) in [6.45, 7) is 0.571. The first kappa shape index (κ1) is 13.6. The lowest BCUT2D eigenvalue weighted by Gasteiger charge is -2.11. The van der Waals surface area contributed by atoms with Crippen molar-refractivity contribution in [2.45, 2.75) is 25.8 Å². The maximum Gasteiger partial charge on any atom is 0.303 e. The minimum Gasteiger partial charge on any atom is -0.481 e. The fraction of sp³-hybridized carbons (Fsp3) is 0.462. The third-order valence-electron chi connectivity index (χ3n) is 2.46. The molecule has 0 unspecified atom stereocenters. The van der Waals surface area contributed by atoms with Gasteiger partial charge in [-0.25, -0.2) is 4.39 Å². The molecule has 1 aromatic carbocycles. The van der Waals surface area contributed by atoms with Gasteiger partial charge < -0.3 is 10.0 Å². The van der Waals surface area contributed by atoms with E-state index in [-0.39, 0.29) is 12.2 Å². The summed E-state index contributed by atoms with van der Waals surface area (Å²) in [6, 6.07) is 5.13. The second-order valence-electron chi connectivity index (χ2n) is 4.41. The van der Waals surface area contributed by atoms with Crippen molar-refractivity contribution in [3.8, 4) is 0 Å². The summed E-state index contributed by atoms with van der Waals surface area (Å²) in [5.41, 5.74) is 1.52. The Kier molecular flexibility index (Phi) is 5.10. The Labute approximate surface area is 101 Å². The van der Waals surface area contributed by atoms with Gasteiger partial charge >= 0.3 is 5.97 Å². The molecule has 0 amide bonds. The van der Waals surface area contributed by atoms with Crippen LogP contribution in [0.15, 0.2) is 18.2 Å². The van der Waals surface area contributed by atoms with Crippen LogP contribution in [-0.4, -0.2) is 30.1 Å². The first-order valence-electron chi connectivity index (χ1n) is 5.63. The van der Waals surface area contributed by atoms with Crippen LogP contribution in [0.1, 0.15) is 24.0 Å². The molecule has 0 bridgehead atoms. The van der Waals surface area contributed by atoms with E-state index in [4.69, 9.17) is 5.11 Å². The maximum absolute atomic E-state index is 13.7. The van der Waals surface area contributed by atoms with Gasteiger partial charge in [-0.2, -0.15) is 0 Å². The van der Waals surface area contributed by atoms with Gasteiger partial charge in [-0.1, -0.05) is 12.1 Å². The van der Waals surface area contributed by atoms with Crippen molar-refractivity contribution in [1.29, 1.82) is 0 Å². The van der Waals surface area contributed by atoms with Gasteiger partial charge in [0.25, 0.3) is 0 Å². The van der Waals surface area contributed by atoms with Crippen LogP contribution in [-0.2, 0) is 17.8 Å². The van der Waals surface area contributed by atoms with Crippen LogP contribution < -0.4 is 0 Å². The van der Waals surface area contributed by atoms with Gasteiger partial charge in [-0.15, -0.1) is 0 Å². The van der Waals surface area contributed by atoms with Crippen molar-refractivity contribution in [3.63, 3.8) is 0 Å². The summed E-state index contributed by atoms with van der Waals surface area (Å²) < 4.78 is 13.7. The van der Waals surface area contributed by atoms with E-state index in [1.165, 1.54) is 6.07 Å². The topological polar surface area (TPSA) is 40.5 Å². The van der Waals surface area contributed by atoms with Crippen LogP contribution in [0.4, 0.5) is 4.39 Å². The van der Waals surface area contributed by atoms with Crippen LogP contribution in [0.2, 0.25) is 0 Å². The Balaban J connectivity index is 2.59. The van der Waals surface area contributed by atoms with E-state index < -0.39 is 5.97 Å². The molecule has 1 aromatic rings. The van der Waals surface area contributed by atoms with Crippen molar-refractivity contribution in [2.24, 2.45) is 0 Å². The monoisotopic (exact) mass is 239 g/mol. The standard InChI is InChI=1S/C13H18FNO2/c1-15(2)9-11-7-6-10(8-12(11)14)4-3-5-13(16)17/h6-8H,3-5,9H2,1-2H3,(H,16,17). The number of carbonyl (C=O) groups is 1. The second-order valence-corrected chi connectivity index (χ2v) is 4.41. The SMILES string of the molecule is CN(C)Cc1ccc(CCCC(=O)O)cc1F. The van der Waals surface area contributed by atoms with Gasteiger partial charge in [-0.05, 0) is 38.6 Å². The third-order valence-corrected chi connectivity index (χ3v) is 2.46. The molecule has 0 aliphatic heterocycles. The van der Waals surface area contributed by atoms with Gasteiger partial charge in [0.1, 0.15) is 5.82 Å². The van der Waals surface area contributed by atoms with Gasteiger partial charge in [0.2, 0.25) is 0 Å². The largest absolute Gasteiger partial charge is 0.481 e. The molecule has 0 atom stereocenters. The van der Waals surface area contributed by atoms with Crippen LogP contribution in [0, 0.1) is 5.82 Å². The quantitative estimate of drug-likeness (QED) is 0.828. The number of nitrogens with zero attached hydrogens (tertiary/aromatic N) is 1. The molecular formula is C13H18FNO2. The number of hydrogen-bond donors (Lipinski definition) is 1. The number of rotatable bonds is 6. The molecule has 1 rings (SSSR count). The molecule has 4 heteroatoms. The predicted octanol–water partition coefficient (Wildman–Crippen LogP) is 2.29. The lowest BCUT2D eigenvalue weighted by Crippen LogP contribution is -2.12. The third kappa shape index (κ3) is 4.95. The fourth-order valence-electron chi connectivity index (χ4n) is 1.66. The minimum absolute atomic E-state index is 0.126. The lowest BCUT2D eigenvalue weighted by atomic mass is 10.1. The van der Waals surface area contributed by atoms with Crippen molar-refractivity contribution in [1.82, 2.24) is 4.90 Å². The highest BCUT2D eigenvalue weighted by Crippen LogP contribution is 2.13. The van der Waals surface area contributed by atoms with Crippen LogP contribution in [0.25, 0.3) is 0 Å². The summed E-state index contributed by atoms with van der Waals surface area (Å²) in [7, 11) is 3.78. The molecule has 94 valence electrons. The fourth-order valence-corrected chi connectivity index (χ4v) is 1.66. The maximum atomic E-state index is 13.7. The van der Waals surface area contributed by atoms with Crippen LogP contribution in [0.5, 0.6) is 0 Å². The molecule has 0 spiro atoms. The summed E-state index contributed by atoms with van der Waals surface area (Å²) in [5.74, 6) is -1.03. The molecule has 0 saturated carbocycles. The highest BCUT2D eigenvalue weighted by Gasteiger charge is 2.05. The summed E-state index contributed by atoms with van der Waals surface area (Å²) >= 11 is 0. The zero-order valence-corrected chi connectivity index (χ0v) is 10.2. The Bertz CT molecular complexity index is 391. The number of carboxylic acids is 1. The Morgan fingerprint density at radius 2 is 2.12 bits per heavy atom. The Hall–Kier alpha value is -1.42. The summed E-state index contributed by atoms with van der Waals surface area (Å²) in [5, 5.41) is 8.51. The molecule has 0 saturated heterocycles. The van der Waals surface area contributed by atoms with Gasteiger partial charge in [-0.3, -0.25) is 4.79 Å². The normalized spacial score (nSPS) is 10.8. The van der Waals surface area contributed by atoms with E-state index in [0.29, 0.717) is 24.9 Å². The molecule has 0 radical (unpaired) electrons. The molecule has 0 aromatic heterocycles. The summed E-state index contributed by atoms with van der Waals surface area (Å²) in [4.78, 5) is 12.3. The summed E-state index contributed by atoms with van der Waals surface area (Å²) in [6.07, 6.45) is 1.27. The van der Waals surface area contributed by atoms with E-state index in [0.717, 1.165) is 5.56 Å². The van der Waals surface area contributed by atoms with Gasteiger partial charge in [0.05, 0.1) is 0 Å². The van der Waals surface area contributed by atoms with Crippen LogP contribution >= 0.6 is 0 Å². The number of aryl methyl sites for hydroxylation is 1. The highest BCUT2D eigenvalue weighted by atomic mass is 19.1. The lowest BCUT2D eigenvalue weighted by molar-refractivity contribution is -0.137. The van der Waals surface area contributed by atoms with Crippen molar-refractivity contribution >= 4 is 5.97 Å². The number of carboxylic acid groups (broad SMARTS) is 1. The van der Waals surface area contributed by atoms with Crippen molar-refractivity contribution < 1.29 is 14.3 Å². The highest BCUT2D eigenvalue weighted by molar-refractivity contribution is 5.66. The number of aliphatic carboxylic acids is 1. The first-order valence-corrected chi connectivity index (χ1v) is 5.63. The molecule has 0 fully saturated rings. The number of hydrogen-bond acceptors (Lipinski definition) is 2. The average Bonchev–Trinajstić information content (AvgIpc) is 2.21. The van der Waals surface area contributed by atoms with Crippen molar-refractivity contribution in [2.75, 3.05) is 14.1 Å². The minimum atomic E-state index is -0.810. The predicted molar refractivity (Wildman–Crippen MR) is 64.4 cm³/mol. The molecule has 3 nitrogen and oxygen atoms in total. The number of benzene rings is 1. The molecule has 17 heavy (non-hydrogen) atoms. The average molecular weight is 239 g/mol. The van der Waals surface area contributed by atoms with E-state index >= 15 is 0 Å². The molecule has 0 heterocycles. The van der Waals surface area contributed by atoms with Crippen molar-refractivity contribution in [3.05, 3.63) is 35.1 Å². The van der Waals surface area contributed by atoms with E-state index in [9.17, 15) is 9.18 Å². The number of halogens is 1. The zero-order chi connectivity index (χ0) is 12.8. The van der Waals surface area contributed by atoms with Gasteiger partial charge in [0.15, 0.2) is 0 Å². The van der Waals surface area contributed by atoms with Crippen LogP contribution in [0.3, 0.4) is 0 Å². The van der Waals surface area contributed by atoms with Gasteiger partial charge in [0, 0.05) is 18.5 Å². The smallest absolute Gasteiger partial charge is 0.303 e. The molecule has 0 aliphatic rings. The molecule has 0 aliphatic carbocycles. The molecule has 1 N–H and O–H groups in total. The first-order chi connectivity index (χ1) is 7.99. The second kappa shape index (κ2) is 6.35. The Morgan fingerprint density at radius 1 is 1.41 bits per heavy atom. The zero-order valence-electron chi connectivity index (χ0n) is 10.2. The van der Waals surface area contributed by atoms with E-state index in [1.807, 2.05) is 25.1 Å².